The highest BCUT2D eigenvalue weighted by Gasteiger charge is 2.49. The van der Waals surface area contributed by atoms with Crippen LogP contribution in [-0.4, -0.2) is 43.5 Å². The highest BCUT2D eigenvalue weighted by atomic mass is 16.5. The maximum atomic E-state index is 12.7. The summed E-state index contributed by atoms with van der Waals surface area (Å²) in [5.74, 6) is 1.51. The Bertz CT molecular complexity index is 666. The predicted octanol–water partition coefficient (Wildman–Crippen LogP) is 2.84. The van der Waals surface area contributed by atoms with Gasteiger partial charge in [-0.25, -0.2) is 0 Å². The SMILES string of the molecule is COc1ccc(N2CC3(CCN(C(=O)C4CCCC4)C3)CC2=O)cc1. The third-order valence-corrected chi connectivity index (χ3v) is 6.16. The normalized spacial score (nSPS) is 26.8. The molecule has 5 heteroatoms. The van der Waals surface area contributed by atoms with Gasteiger partial charge >= 0.3 is 0 Å². The van der Waals surface area contributed by atoms with E-state index in [-0.39, 0.29) is 17.2 Å². The predicted molar refractivity (Wildman–Crippen MR) is 95.6 cm³/mol. The van der Waals surface area contributed by atoms with Crippen molar-refractivity contribution in [2.75, 3.05) is 31.6 Å². The van der Waals surface area contributed by atoms with Crippen LogP contribution in [0.15, 0.2) is 24.3 Å². The van der Waals surface area contributed by atoms with E-state index in [0.29, 0.717) is 18.9 Å². The highest BCUT2D eigenvalue weighted by Crippen LogP contribution is 2.43. The van der Waals surface area contributed by atoms with E-state index in [2.05, 4.69) is 0 Å². The number of rotatable bonds is 3. The Morgan fingerprint density at radius 2 is 1.88 bits per heavy atom. The molecule has 25 heavy (non-hydrogen) atoms. The van der Waals surface area contributed by atoms with Crippen LogP contribution >= 0.6 is 0 Å². The number of likely N-dealkylation sites (tertiary alicyclic amines) is 1. The van der Waals surface area contributed by atoms with Crippen LogP contribution in [0.4, 0.5) is 5.69 Å². The number of benzene rings is 1. The van der Waals surface area contributed by atoms with Crippen molar-refractivity contribution in [2.45, 2.75) is 38.5 Å². The Labute approximate surface area is 148 Å². The van der Waals surface area contributed by atoms with E-state index < -0.39 is 0 Å². The van der Waals surface area contributed by atoms with Crippen molar-refractivity contribution in [1.82, 2.24) is 4.90 Å². The Kier molecular flexibility index (Phi) is 4.18. The minimum absolute atomic E-state index is 0.0642. The second-order valence-corrected chi connectivity index (χ2v) is 7.85. The standard InChI is InChI=1S/C20H26N2O3/c1-25-17-8-6-16(7-9-17)22-14-20(12-18(22)23)10-11-21(13-20)19(24)15-4-2-3-5-15/h6-9,15H,2-5,10-14H2,1H3. The summed E-state index contributed by atoms with van der Waals surface area (Å²) < 4.78 is 5.19. The Balaban J connectivity index is 1.45. The summed E-state index contributed by atoms with van der Waals surface area (Å²) >= 11 is 0. The van der Waals surface area contributed by atoms with Crippen LogP contribution in [-0.2, 0) is 9.59 Å². The molecule has 2 aliphatic heterocycles. The number of anilines is 1. The minimum atomic E-state index is -0.0642. The molecule has 1 aromatic carbocycles. The van der Waals surface area contributed by atoms with Crippen LogP contribution < -0.4 is 9.64 Å². The molecule has 1 atom stereocenters. The van der Waals surface area contributed by atoms with Gasteiger partial charge in [0.05, 0.1) is 7.11 Å². The maximum absolute atomic E-state index is 12.7. The average molecular weight is 342 g/mol. The Hall–Kier alpha value is -2.04. The van der Waals surface area contributed by atoms with Gasteiger partial charge in [0.25, 0.3) is 0 Å². The van der Waals surface area contributed by atoms with E-state index in [1.165, 1.54) is 12.8 Å². The first-order chi connectivity index (χ1) is 12.1. The van der Waals surface area contributed by atoms with Gasteiger partial charge in [-0.15, -0.1) is 0 Å². The maximum Gasteiger partial charge on any atom is 0.227 e. The molecule has 5 nitrogen and oxygen atoms in total. The van der Waals surface area contributed by atoms with Gasteiger partial charge in [0, 0.05) is 43.1 Å². The van der Waals surface area contributed by atoms with Crippen molar-refractivity contribution in [1.29, 1.82) is 0 Å². The molecule has 0 radical (unpaired) electrons. The van der Waals surface area contributed by atoms with Crippen LogP contribution in [0.1, 0.15) is 38.5 Å². The lowest BCUT2D eigenvalue weighted by molar-refractivity contribution is -0.134. The molecule has 3 aliphatic rings. The quantitative estimate of drug-likeness (QED) is 0.849. The first-order valence-electron chi connectivity index (χ1n) is 9.33. The second kappa shape index (κ2) is 6.36. The smallest absolute Gasteiger partial charge is 0.227 e. The van der Waals surface area contributed by atoms with E-state index in [0.717, 1.165) is 43.8 Å². The summed E-state index contributed by atoms with van der Waals surface area (Å²) in [4.78, 5) is 29.2. The summed E-state index contributed by atoms with van der Waals surface area (Å²) in [5, 5.41) is 0. The van der Waals surface area contributed by atoms with Gasteiger partial charge in [0.2, 0.25) is 11.8 Å². The number of nitrogens with zero attached hydrogens (tertiary/aromatic N) is 2. The molecule has 4 rings (SSSR count). The van der Waals surface area contributed by atoms with E-state index >= 15 is 0 Å². The highest BCUT2D eigenvalue weighted by molar-refractivity contribution is 5.96. The molecule has 2 amide bonds. The van der Waals surface area contributed by atoms with Crippen molar-refractivity contribution >= 4 is 17.5 Å². The molecule has 0 bridgehead atoms. The lowest BCUT2D eigenvalue weighted by atomic mass is 9.86. The van der Waals surface area contributed by atoms with Gasteiger partial charge < -0.3 is 14.5 Å². The average Bonchev–Trinajstić information content (AvgIpc) is 3.36. The fourth-order valence-electron chi connectivity index (χ4n) is 4.72. The zero-order valence-electron chi connectivity index (χ0n) is 14.9. The molecule has 2 saturated heterocycles. The lowest BCUT2D eigenvalue weighted by Crippen LogP contribution is -2.36. The van der Waals surface area contributed by atoms with Gasteiger partial charge in [-0.05, 0) is 43.5 Å². The molecule has 0 N–H and O–H groups in total. The third kappa shape index (κ3) is 3.00. The molecule has 0 aromatic heterocycles. The van der Waals surface area contributed by atoms with E-state index in [9.17, 15) is 9.59 Å². The molecule has 1 spiro atoms. The minimum Gasteiger partial charge on any atom is -0.497 e. The van der Waals surface area contributed by atoms with Gasteiger partial charge in [-0.3, -0.25) is 9.59 Å². The van der Waals surface area contributed by atoms with E-state index in [1.54, 1.807) is 7.11 Å². The summed E-state index contributed by atoms with van der Waals surface area (Å²) in [6.07, 6.45) is 5.92. The van der Waals surface area contributed by atoms with E-state index in [4.69, 9.17) is 4.74 Å². The first-order valence-corrected chi connectivity index (χ1v) is 9.33. The fourth-order valence-corrected chi connectivity index (χ4v) is 4.72. The monoisotopic (exact) mass is 342 g/mol. The summed E-state index contributed by atoms with van der Waals surface area (Å²) in [6.45, 7) is 2.26. The second-order valence-electron chi connectivity index (χ2n) is 7.85. The number of methoxy groups -OCH3 is 1. The fraction of sp³-hybridized carbons (Fsp3) is 0.600. The molecular weight excluding hydrogens is 316 g/mol. The van der Waals surface area contributed by atoms with Crippen LogP contribution in [0, 0.1) is 11.3 Å². The van der Waals surface area contributed by atoms with Crippen LogP contribution in [0.2, 0.25) is 0 Å². The molecule has 1 aliphatic carbocycles. The van der Waals surface area contributed by atoms with Crippen molar-refractivity contribution in [2.24, 2.45) is 11.3 Å². The van der Waals surface area contributed by atoms with Crippen LogP contribution in [0.5, 0.6) is 5.75 Å². The van der Waals surface area contributed by atoms with Crippen LogP contribution in [0.3, 0.4) is 0 Å². The van der Waals surface area contributed by atoms with E-state index in [1.807, 2.05) is 34.1 Å². The molecule has 134 valence electrons. The largest absolute Gasteiger partial charge is 0.497 e. The molecule has 1 aromatic rings. The van der Waals surface area contributed by atoms with Gasteiger partial charge in [0.15, 0.2) is 0 Å². The number of hydrogen-bond donors (Lipinski definition) is 0. The van der Waals surface area contributed by atoms with Gasteiger partial charge in [-0.1, -0.05) is 12.8 Å². The van der Waals surface area contributed by atoms with Crippen LogP contribution in [0.25, 0.3) is 0 Å². The number of hydrogen-bond acceptors (Lipinski definition) is 3. The van der Waals surface area contributed by atoms with Crippen molar-refractivity contribution in [3.8, 4) is 5.75 Å². The van der Waals surface area contributed by atoms with Crippen molar-refractivity contribution < 1.29 is 14.3 Å². The van der Waals surface area contributed by atoms with Gasteiger partial charge in [-0.2, -0.15) is 0 Å². The van der Waals surface area contributed by atoms with Crippen molar-refractivity contribution in [3.05, 3.63) is 24.3 Å². The number of carbonyl (C=O) groups is 2. The third-order valence-electron chi connectivity index (χ3n) is 6.16. The number of ether oxygens (including phenoxy) is 1. The molecule has 3 fully saturated rings. The van der Waals surface area contributed by atoms with Crippen molar-refractivity contribution in [3.63, 3.8) is 0 Å². The lowest BCUT2D eigenvalue weighted by Gasteiger charge is -2.25. The summed E-state index contributed by atoms with van der Waals surface area (Å²) in [7, 11) is 1.64. The Morgan fingerprint density at radius 1 is 1.16 bits per heavy atom. The molecule has 2 heterocycles. The van der Waals surface area contributed by atoms with Gasteiger partial charge in [0.1, 0.15) is 5.75 Å². The first kappa shape index (κ1) is 16.4. The molecular formula is C20H26N2O3. The molecule has 1 saturated carbocycles. The number of amides is 2. The zero-order chi connectivity index (χ0) is 17.4. The summed E-state index contributed by atoms with van der Waals surface area (Å²) in [5.41, 5.74) is 0.855. The Morgan fingerprint density at radius 3 is 2.56 bits per heavy atom. The topological polar surface area (TPSA) is 49.9 Å². The zero-order valence-corrected chi connectivity index (χ0v) is 14.9. The number of carbonyl (C=O) groups excluding carboxylic acids is 2. The molecule has 1 unspecified atom stereocenters. The summed E-state index contributed by atoms with van der Waals surface area (Å²) in [6, 6.07) is 7.65.